The van der Waals surface area contributed by atoms with Crippen molar-refractivity contribution in [2.75, 3.05) is 32.7 Å². The van der Waals surface area contributed by atoms with Gasteiger partial charge in [0.1, 0.15) is 0 Å². The van der Waals surface area contributed by atoms with Gasteiger partial charge in [0.25, 0.3) is 5.91 Å². The van der Waals surface area contributed by atoms with Crippen LogP contribution < -0.4 is 0 Å². The number of amides is 1. The average Bonchev–Trinajstić information content (AvgIpc) is 2.57. The second-order valence-corrected chi connectivity index (χ2v) is 6.46. The molecule has 114 valence electrons. The van der Waals surface area contributed by atoms with Crippen LogP contribution >= 0.6 is 0 Å². The Morgan fingerprint density at radius 1 is 0.952 bits per heavy atom. The maximum atomic E-state index is 12.4. The number of benzene rings is 1. The molecule has 1 aromatic carbocycles. The normalized spacial score (nSPS) is 21.4. The fourth-order valence-electron chi connectivity index (χ4n) is 3.63. The van der Waals surface area contributed by atoms with Crippen LogP contribution in [0, 0.1) is 5.92 Å². The molecular weight excluding hydrogens is 260 g/mol. The van der Waals surface area contributed by atoms with Gasteiger partial charge >= 0.3 is 0 Å². The van der Waals surface area contributed by atoms with E-state index in [1.54, 1.807) is 0 Å². The smallest absolute Gasteiger partial charge is 0.253 e. The van der Waals surface area contributed by atoms with Crippen LogP contribution in [0.5, 0.6) is 0 Å². The van der Waals surface area contributed by atoms with Crippen molar-refractivity contribution in [2.24, 2.45) is 5.92 Å². The first-order chi connectivity index (χ1) is 10.3. The van der Waals surface area contributed by atoms with Gasteiger partial charge in [0.2, 0.25) is 0 Å². The van der Waals surface area contributed by atoms with E-state index in [2.05, 4.69) is 4.90 Å². The Kier molecular flexibility index (Phi) is 4.91. The number of piperazine rings is 1. The minimum atomic E-state index is 0.188. The van der Waals surface area contributed by atoms with E-state index in [4.69, 9.17) is 0 Å². The highest BCUT2D eigenvalue weighted by Gasteiger charge is 2.24. The fourth-order valence-corrected chi connectivity index (χ4v) is 3.63. The molecule has 0 spiro atoms. The molecule has 1 aliphatic carbocycles. The first-order valence-corrected chi connectivity index (χ1v) is 8.39. The van der Waals surface area contributed by atoms with E-state index in [9.17, 15) is 4.79 Å². The molecule has 1 aromatic rings. The molecule has 1 aliphatic heterocycles. The standard InChI is InChI=1S/C18H26N2O/c21-18(17-9-5-2-6-10-17)20-13-11-19(12-14-20)15-16-7-3-1-4-8-16/h2,5-6,9-10,16H,1,3-4,7-8,11-15H2. The molecule has 0 N–H and O–H groups in total. The summed E-state index contributed by atoms with van der Waals surface area (Å²) in [4.78, 5) is 17.0. The SMILES string of the molecule is O=C(c1ccccc1)N1CCN(CC2CCCCC2)CC1. The number of rotatable bonds is 3. The van der Waals surface area contributed by atoms with Gasteiger partial charge in [-0.3, -0.25) is 9.69 Å². The Morgan fingerprint density at radius 2 is 1.62 bits per heavy atom. The lowest BCUT2D eigenvalue weighted by molar-refractivity contribution is 0.0606. The van der Waals surface area contributed by atoms with Gasteiger partial charge in [-0.05, 0) is 30.9 Å². The predicted molar refractivity (Wildman–Crippen MR) is 85.4 cm³/mol. The number of nitrogens with zero attached hydrogens (tertiary/aromatic N) is 2. The van der Waals surface area contributed by atoms with Crippen molar-refractivity contribution in [3.05, 3.63) is 35.9 Å². The molecule has 2 aliphatic rings. The fraction of sp³-hybridized carbons (Fsp3) is 0.611. The first-order valence-electron chi connectivity index (χ1n) is 8.39. The molecule has 1 saturated carbocycles. The number of carbonyl (C=O) groups is 1. The van der Waals surface area contributed by atoms with Gasteiger partial charge in [-0.1, -0.05) is 37.5 Å². The Morgan fingerprint density at radius 3 is 2.29 bits per heavy atom. The number of hydrogen-bond donors (Lipinski definition) is 0. The predicted octanol–water partition coefficient (Wildman–Crippen LogP) is 3.02. The van der Waals surface area contributed by atoms with E-state index in [-0.39, 0.29) is 5.91 Å². The monoisotopic (exact) mass is 286 g/mol. The van der Waals surface area contributed by atoms with Gasteiger partial charge in [-0.25, -0.2) is 0 Å². The maximum absolute atomic E-state index is 12.4. The largest absolute Gasteiger partial charge is 0.336 e. The highest BCUT2D eigenvalue weighted by Crippen LogP contribution is 2.24. The minimum absolute atomic E-state index is 0.188. The van der Waals surface area contributed by atoms with Crippen molar-refractivity contribution >= 4 is 5.91 Å². The van der Waals surface area contributed by atoms with Crippen molar-refractivity contribution in [1.82, 2.24) is 9.80 Å². The number of carbonyl (C=O) groups excluding carboxylic acids is 1. The van der Waals surface area contributed by atoms with Gasteiger partial charge in [0.05, 0.1) is 0 Å². The minimum Gasteiger partial charge on any atom is -0.336 e. The highest BCUT2D eigenvalue weighted by molar-refractivity contribution is 5.94. The quantitative estimate of drug-likeness (QED) is 0.852. The van der Waals surface area contributed by atoms with Crippen molar-refractivity contribution in [1.29, 1.82) is 0 Å². The molecule has 3 rings (SSSR count). The zero-order valence-corrected chi connectivity index (χ0v) is 12.8. The molecular formula is C18H26N2O. The topological polar surface area (TPSA) is 23.6 Å². The average molecular weight is 286 g/mol. The van der Waals surface area contributed by atoms with Gasteiger partial charge in [-0.15, -0.1) is 0 Å². The zero-order valence-electron chi connectivity index (χ0n) is 12.8. The molecule has 0 radical (unpaired) electrons. The van der Waals surface area contributed by atoms with Crippen LogP contribution in [0.15, 0.2) is 30.3 Å². The van der Waals surface area contributed by atoms with E-state index in [1.807, 2.05) is 35.2 Å². The van der Waals surface area contributed by atoms with Gasteiger partial charge in [0, 0.05) is 38.3 Å². The van der Waals surface area contributed by atoms with E-state index in [0.29, 0.717) is 0 Å². The third-order valence-corrected chi connectivity index (χ3v) is 4.92. The van der Waals surface area contributed by atoms with Crippen LogP contribution in [0.2, 0.25) is 0 Å². The Hall–Kier alpha value is -1.35. The van der Waals surface area contributed by atoms with Crippen LogP contribution in [0.1, 0.15) is 42.5 Å². The molecule has 0 atom stereocenters. The molecule has 0 bridgehead atoms. The second-order valence-electron chi connectivity index (χ2n) is 6.46. The Balaban J connectivity index is 1.47. The van der Waals surface area contributed by atoms with Gasteiger partial charge in [0.15, 0.2) is 0 Å². The van der Waals surface area contributed by atoms with Crippen LogP contribution in [0.25, 0.3) is 0 Å². The Bertz CT molecular complexity index is 446. The molecule has 2 fully saturated rings. The van der Waals surface area contributed by atoms with Gasteiger partial charge in [-0.2, -0.15) is 0 Å². The molecule has 0 aromatic heterocycles. The summed E-state index contributed by atoms with van der Waals surface area (Å²) in [5.74, 6) is 1.09. The molecule has 1 saturated heterocycles. The second kappa shape index (κ2) is 7.08. The highest BCUT2D eigenvalue weighted by atomic mass is 16.2. The van der Waals surface area contributed by atoms with Crippen LogP contribution in [0.3, 0.4) is 0 Å². The molecule has 0 unspecified atom stereocenters. The van der Waals surface area contributed by atoms with E-state index >= 15 is 0 Å². The lowest BCUT2D eigenvalue weighted by Gasteiger charge is -2.37. The summed E-state index contributed by atoms with van der Waals surface area (Å²) in [6, 6.07) is 9.66. The summed E-state index contributed by atoms with van der Waals surface area (Å²) < 4.78 is 0. The summed E-state index contributed by atoms with van der Waals surface area (Å²) >= 11 is 0. The van der Waals surface area contributed by atoms with Crippen molar-refractivity contribution in [2.45, 2.75) is 32.1 Å². The summed E-state index contributed by atoms with van der Waals surface area (Å²) in [6.07, 6.45) is 7.07. The molecule has 1 heterocycles. The van der Waals surface area contributed by atoms with E-state index < -0.39 is 0 Å². The van der Waals surface area contributed by atoms with Crippen molar-refractivity contribution < 1.29 is 4.79 Å². The van der Waals surface area contributed by atoms with Crippen LogP contribution in [-0.2, 0) is 0 Å². The zero-order chi connectivity index (χ0) is 14.5. The summed E-state index contributed by atoms with van der Waals surface area (Å²) in [5.41, 5.74) is 0.818. The Labute approximate surface area is 127 Å². The molecule has 3 nitrogen and oxygen atoms in total. The third-order valence-electron chi connectivity index (χ3n) is 4.92. The third kappa shape index (κ3) is 3.85. The molecule has 1 amide bonds. The van der Waals surface area contributed by atoms with Gasteiger partial charge < -0.3 is 4.90 Å². The number of hydrogen-bond acceptors (Lipinski definition) is 2. The summed E-state index contributed by atoms with van der Waals surface area (Å²) in [5, 5.41) is 0. The molecule has 3 heteroatoms. The van der Waals surface area contributed by atoms with E-state index in [0.717, 1.165) is 37.7 Å². The van der Waals surface area contributed by atoms with E-state index in [1.165, 1.54) is 38.6 Å². The summed E-state index contributed by atoms with van der Waals surface area (Å²) in [6.45, 7) is 5.07. The lowest BCUT2D eigenvalue weighted by Crippen LogP contribution is -2.49. The molecule has 21 heavy (non-hydrogen) atoms. The van der Waals surface area contributed by atoms with Crippen LogP contribution in [0.4, 0.5) is 0 Å². The van der Waals surface area contributed by atoms with Crippen molar-refractivity contribution in [3.8, 4) is 0 Å². The van der Waals surface area contributed by atoms with Crippen LogP contribution in [-0.4, -0.2) is 48.4 Å². The summed E-state index contributed by atoms with van der Waals surface area (Å²) in [7, 11) is 0. The first kappa shape index (κ1) is 14.6. The van der Waals surface area contributed by atoms with Crippen molar-refractivity contribution in [3.63, 3.8) is 0 Å². The maximum Gasteiger partial charge on any atom is 0.253 e. The lowest BCUT2D eigenvalue weighted by atomic mass is 9.89.